The molecule has 0 saturated carbocycles. The number of guanidine groups is 1. The third-order valence-corrected chi connectivity index (χ3v) is 6.24. The van der Waals surface area contributed by atoms with E-state index in [9.17, 15) is 17.6 Å². The van der Waals surface area contributed by atoms with Crippen LogP contribution in [-0.4, -0.2) is 53.9 Å². The van der Waals surface area contributed by atoms with Gasteiger partial charge in [-0.3, -0.25) is 4.79 Å². The fourth-order valence-electron chi connectivity index (χ4n) is 3.03. The number of aliphatic imine (C=N–C) groups is 1. The van der Waals surface area contributed by atoms with Crippen LogP contribution in [0, 0.1) is 5.82 Å². The van der Waals surface area contributed by atoms with Gasteiger partial charge >= 0.3 is 0 Å². The zero-order chi connectivity index (χ0) is 23.9. The van der Waals surface area contributed by atoms with Gasteiger partial charge in [-0.25, -0.2) is 32.1 Å². The average Bonchev–Trinajstić information content (AvgIpc) is 2.66. The average molecular weight is 438 g/mol. The summed E-state index contributed by atoms with van der Waals surface area (Å²) in [4.78, 5) is 24.3. The lowest BCUT2D eigenvalue weighted by molar-refractivity contribution is 0.102. The number of carbonyl (C=O) groups excluding carboxylic acids is 1. The number of nitrogens with zero attached hydrogens (tertiary/aromatic N) is 4. The van der Waals surface area contributed by atoms with Crippen molar-refractivity contribution in [2.24, 2.45) is 10.7 Å². The Labute approximate surface area is 175 Å². The highest BCUT2D eigenvalue weighted by atomic mass is 32.2. The van der Waals surface area contributed by atoms with Crippen molar-refractivity contribution < 1.29 is 25.1 Å². The third-order valence-electron chi connectivity index (χ3n) is 4.39. The molecular weight excluding hydrogens is 415 g/mol. The van der Waals surface area contributed by atoms with Crippen LogP contribution in [0.1, 0.15) is 32.6 Å². The summed E-state index contributed by atoms with van der Waals surface area (Å²) in [6.07, 6.45) is 2.46. The van der Waals surface area contributed by atoms with Crippen LogP contribution in [0.3, 0.4) is 0 Å². The number of hydrogen-bond acceptors (Lipinski definition) is 8. The number of ether oxygens (including phenoxy) is 1. The van der Waals surface area contributed by atoms with E-state index in [2.05, 4.69) is 20.3 Å². The first-order chi connectivity index (χ1) is 14.8. The first kappa shape index (κ1) is 18.7. The number of aromatic nitrogens is 2. The lowest BCUT2D eigenvalue weighted by atomic mass is 9.93. The molecule has 0 unspecified atom stereocenters. The zero-order valence-electron chi connectivity index (χ0n) is 18.4. The van der Waals surface area contributed by atoms with Gasteiger partial charge in [0.1, 0.15) is 17.1 Å². The minimum Gasteiger partial charge on any atom is -0.480 e. The number of nitrogens with one attached hydrogen (secondary N) is 1. The normalized spacial score (nSPS) is 21.9. The lowest BCUT2D eigenvalue weighted by Crippen LogP contribution is -2.52. The van der Waals surface area contributed by atoms with Gasteiger partial charge < -0.3 is 15.8 Å². The molecule has 0 saturated heterocycles. The van der Waals surface area contributed by atoms with Crippen molar-refractivity contribution in [2.75, 3.05) is 24.7 Å². The second-order valence-electron chi connectivity index (χ2n) is 6.58. The summed E-state index contributed by atoms with van der Waals surface area (Å²) < 4.78 is 60.9. The number of methoxy groups -OCH3 is 1. The molecule has 1 atom stereocenters. The van der Waals surface area contributed by atoms with Crippen LogP contribution in [0.15, 0.2) is 35.6 Å². The van der Waals surface area contributed by atoms with E-state index in [0.29, 0.717) is 4.31 Å². The highest BCUT2D eigenvalue weighted by Gasteiger charge is 2.42. The van der Waals surface area contributed by atoms with E-state index in [1.54, 1.807) is 0 Å². The van der Waals surface area contributed by atoms with Crippen molar-refractivity contribution >= 4 is 27.6 Å². The molecule has 1 aliphatic heterocycles. The molecule has 12 heteroatoms. The van der Waals surface area contributed by atoms with Gasteiger partial charge in [0, 0.05) is 17.7 Å². The molecule has 3 N–H and O–H groups in total. The molecule has 0 aliphatic carbocycles. The predicted molar refractivity (Wildman–Crippen MR) is 108 cm³/mol. The molecule has 0 fully saturated rings. The summed E-state index contributed by atoms with van der Waals surface area (Å²) in [7, 11) is -2.87. The molecule has 2 aromatic rings. The number of benzene rings is 1. The smallest absolute Gasteiger partial charge is 0.275 e. The molecule has 10 nitrogen and oxygen atoms in total. The number of carbonyl (C=O) groups is 1. The molecular formula is C18H21FN6O4S. The molecule has 0 spiro atoms. The second-order valence-corrected chi connectivity index (χ2v) is 8.40. The Hall–Kier alpha value is -3.28. The van der Waals surface area contributed by atoms with Crippen LogP contribution in [-0.2, 0) is 15.6 Å². The molecule has 160 valence electrons. The van der Waals surface area contributed by atoms with Crippen molar-refractivity contribution in [2.45, 2.75) is 19.4 Å². The fourth-order valence-corrected chi connectivity index (χ4v) is 4.70. The summed E-state index contributed by atoms with van der Waals surface area (Å²) in [6, 6.07) is 3.59. The molecule has 1 aliphatic rings. The van der Waals surface area contributed by atoms with E-state index in [4.69, 9.17) is 13.2 Å². The quantitative estimate of drug-likeness (QED) is 0.712. The Kier molecular flexibility index (Phi) is 4.91. The van der Waals surface area contributed by atoms with Gasteiger partial charge in [0.25, 0.3) is 5.91 Å². The van der Waals surface area contributed by atoms with E-state index in [0.717, 1.165) is 13.0 Å². The first-order valence-electron chi connectivity index (χ1n) is 9.63. The lowest BCUT2D eigenvalue weighted by Gasteiger charge is -2.36. The number of halogens is 1. The number of sulfonamides is 1. The number of amides is 1. The van der Waals surface area contributed by atoms with Gasteiger partial charge in [0.05, 0.1) is 28.0 Å². The number of anilines is 1. The summed E-state index contributed by atoms with van der Waals surface area (Å²) in [5, 5.41) is 2.54. The Balaban J connectivity index is 1.96. The molecule has 3 rings (SSSR count). The van der Waals surface area contributed by atoms with E-state index >= 15 is 0 Å². The van der Waals surface area contributed by atoms with E-state index < -0.39 is 45.5 Å². The maximum Gasteiger partial charge on any atom is 0.275 e. The van der Waals surface area contributed by atoms with Gasteiger partial charge in [-0.15, -0.1) is 0 Å². The van der Waals surface area contributed by atoms with Crippen LogP contribution >= 0.6 is 0 Å². The largest absolute Gasteiger partial charge is 0.480 e. The summed E-state index contributed by atoms with van der Waals surface area (Å²) in [5.41, 5.74) is 4.10. The minimum atomic E-state index is -4.27. The highest BCUT2D eigenvalue weighted by molar-refractivity contribution is 7.89. The molecule has 1 amide bonds. The fraction of sp³-hybridized carbons (Fsp3) is 0.333. The maximum absolute atomic E-state index is 14.7. The summed E-state index contributed by atoms with van der Waals surface area (Å²) >= 11 is 0. The van der Waals surface area contributed by atoms with E-state index in [-0.39, 0.29) is 22.8 Å². The minimum absolute atomic E-state index is 0.0220. The Morgan fingerprint density at radius 3 is 2.73 bits per heavy atom. The molecule has 2 heterocycles. The maximum atomic E-state index is 14.7. The van der Waals surface area contributed by atoms with E-state index in [1.165, 1.54) is 38.6 Å². The Morgan fingerprint density at radius 2 is 2.17 bits per heavy atom. The highest BCUT2D eigenvalue weighted by Crippen LogP contribution is 2.35. The van der Waals surface area contributed by atoms with Gasteiger partial charge in [0.2, 0.25) is 21.9 Å². The standard InChI is InChI=1S/C18H21FN6O4S/c1-4-25-17(20)24-18(2,10-30(25,27)28)12-7-11(5-6-13(12)19)23-16(26)14-8-22-15(29-3)9-21-14/h5-9H,4,10H2,1-3H3,(H2,20,24)(H,23,26)/t18-/m0/s1/i4D2. The van der Waals surface area contributed by atoms with Crippen molar-refractivity contribution in [3.63, 3.8) is 0 Å². The van der Waals surface area contributed by atoms with Crippen LogP contribution in [0.25, 0.3) is 0 Å². The van der Waals surface area contributed by atoms with E-state index in [1.807, 2.05) is 0 Å². The zero-order valence-corrected chi connectivity index (χ0v) is 17.2. The predicted octanol–water partition coefficient (Wildman–Crippen LogP) is 1.07. The molecule has 1 aromatic heterocycles. The summed E-state index contributed by atoms with van der Waals surface area (Å²) in [5.74, 6) is -2.51. The molecule has 0 radical (unpaired) electrons. The van der Waals surface area contributed by atoms with Crippen LogP contribution in [0.5, 0.6) is 5.88 Å². The molecule has 1 aromatic carbocycles. The Bertz CT molecular complexity index is 1190. The van der Waals surface area contributed by atoms with Gasteiger partial charge in [-0.05, 0) is 32.0 Å². The van der Waals surface area contributed by atoms with Crippen molar-refractivity contribution in [1.82, 2.24) is 14.3 Å². The second kappa shape index (κ2) is 7.86. The van der Waals surface area contributed by atoms with Crippen molar-refractivity contribution in [1.29, 1.82) is 0 Å². The number of hydrogen-bond donors (Lipinski definition) is 2. The number of nitrogens with two attached hydrogens (primary N) is 1. The van der Waals surface area contributed by atoms with Crippen LogP contribution in [0.2, 0.25) is 0 Å². The van der Waals surface area contributed by atoms with Gasteiger partial charge in [-0.2, -0.15) is 0 Å². The van der Waals surface area contributed by atoms with Gasteiger partial charge in [-0.1, -0.05) is 0 Å². The van der Waals surface area contributed by atoms with Gasteiger partial charge in [0.15, 0.2) is 0 Å². The van der Waals surface area contributed by atoms with Crippen LogP contribution in [0.4, 0.5) is 10.1 Å². The van der Waals surface area contributed by atoms with Crippen molar-refractivity contribution in [3.05, 3.63) is 47.7 Å². The van der Waals surface area contributed by atoms with Crippen molar-refractivity contribution in [3.8, 4) is 5.88 Å². The molecule has 30 heavy (non-hydrogen) atoms. The molecule has 0 bridgehead atoms. The Morgan fingerprint density at radius 1 is 1.43 bits per heavy atom. The number of rotatable bonds is 5. The first-order valence-corrected chi connectivity index (χ1v) is 10.2. The summed E-state index contributed by atoms with van der Waals surface area (Å²) in [6.45, 7) is 0.0504. The SMILES string of the molecule is [2H]C([2H])(C)N1C(N)=N[C@](C)(c2cc(NC(=O)c3cnc(OC)cn3)ccc2F)CS1(=O)=O. The topological polar surface area (TPSA) is 140 Å². The van der Waals surface area contributed by atoms with Crippen LogP contribution < -0.4 is 15.8 Å². The third kappa shape index (κ3) is 4.03. The monoisotopic (exact) mass is 438 g/mol.